The van der Waals surface area contributed by atoms with Crippen molar-refractivity contribution in [3.63, 3.8) is 0 Å². The fraction of sp³-hybridized carbons (Fsp3) is 0.286. The average molecular weight is 293 g/mol. The summed E-state index contributed by atoms with van der Waals surface area (Å²) in [6.45, 7) is 0. The van der Waals surface area contributed by atoms with Gasteiger partial charge in [-0.25, -0.2) is 0 Å². The standard InChI is InChI=1S/C14H15NS3/c1-4-12(15-8-1)6-7-14(13-5-2-9-16-13)17-10-3-11-18-14/h1-2,4-9,15H,3,10-11H2/b7-6+. The van der Waals surface area contributed by atoms with Crippen molar-refractivity contribution >= 4 is 40.9 Å². The highest BCUT2D eigenvalue weighted by Gasteiger charge is 2.33. The molecule has 0 saturated carbocycles. The van der Waals surface area contributed by atoms with Crippen LogP contribution in [0.15, 0.2) is 41.9 Å². The Hall–Kier alpha value is -0.580. The zero-order valence-corrected chi connectivity index (χ0v) is 12.4. The van der Waals surface area contributed by atoms with Gasteiger partial charge in [0.05, 0.1) is 0 Å². The highest BCUT2D eigenvalue weighted by molar-refractivity contribution is 8.18. The van der Waals surface area contributed by atoms with E-state index in [0.717, 1.165) is 0 Å². The number of aromatic nitrogens is 1. The Bertz CT molecular complexity index is 493. The van der Waals surface area contributed by atoms with Gasteiger partial charge in [-0.3, -0.25) is 0 Å². The molecule has 1 aliphatic rings. The van der Waals surface area contributed by atoms with Crippen molar-refractivity contribution in [2.24, 2.45) is 0 Å². The van der Waals surface area contributed by atoms with Crippen LogP contribution in [-0.4, -0.2) is 16.5 Å². The first-order valence-electron chi connectivity index (χ1n) is 6.04. The maximum absolute atomic E-state index is 3.24. The van der Waals surface area contributed by atoms with E-state index in [2.05, 4.69) is 64.2 Å². The number of nitrogens with one attached hydrogen (secondary N) is 1. The molecule has 94 valence electrons. The maximum Gasteiger partial charge on any atom is 0.114 e. The lowest BCUT2D eigenvalue weighted by Gasteiger charge is -2.32. The largest absolute Gasteiger partial charge is 0.362 e. The minimum absolute atomic E-state index is 0.123. The van der Waals surface area contributed by atoms with E-state index >= 15 is 0 Å². The highest BCUT2D eigenvalue weighted by Crippen LogP contribution is 2.52. The van der Waals surface area contributed by atoms with Crippen molar-refractivity contribution in [3.05, 3.63) is 52.5 Å². The van der Waals surface area contributed by atoms with Gasteiger partial charge in [-0.05, 0) is 47.6 Å². The van der Waals surface area contributed by atoms with Gasteiger partial charge in [0, 0.05) is 16.8 Å². The lowest BCUT2D eigenvalue weighted by molar-refractivity contribution is 1.05. The third kappa shape index (κ3) is 2.56. The van der Waals surface area contributed by atoms with E-state index in [9.17, 15) is 0 Å². The average Bonchev–Trinajstić information content (AvgIpc) is 3.11. The Balaban J connectivity index is 1.90. The topological polar surface area (TPSA) is 15.8 Å². The van der Waals surface area contributed by atoms with Crippen LogP contribution < -0.4 is 0 Å². The van der Waals surface area contributed by atoms with Gasteiger partial charge >= 0.3 is 0 Å². The van der Waals surface area contributed by atoms with Crippen LogP contribution in [0.5, 0.6) is 0 Å². The molecule has 0 spiro atoms. The summed E-state index contributed by atoms with van der Waals surface area (Å²) >= 11 is 5.99. The summed E-state index contributed by atoms with van der Waals surface area (Å²) < 4.78 is 0.123. The summed E-state index contributed by atoms with van der Waals surface area (Å²) in [4.78, 5) is 4.70. The summed E-state index contributed by atoms with van der Waals surface area (Å²) in [7, 11) is 0. The first kappa shape index (κ1) is 12.5. The first-order chi connectivity index (χ1) is 8.89. The first-order valence-corrected chi connectivity index (χ1v) is 8.89. The molecule has 2 aromatic heterocycles. The molecule has 0 bridgehead atoms. The predicted octanol–water partition coefficient (Wildman–Crippen LogP) is 4.81. The van der Waals surface area contributed by atoms with Crippen LogP contribution in [-0.2, 0) is 4.08 Å². The molecule has 1 fully saturated rings. The van der Waals surface area contributed by atoms with Crippen molar-refractivity contribution in [2.45, 2.75) is 10.5 Å². The summed E-state index contributed by atoms with van der Waals surface area (Å²) in [5.41, 5.74) is 1.18. The molecule has 3 rings (SSSR count). The van der Waals surface area contributed by atoms with Gasteiger partial charge in [-0.1, -0.05) is 12.1 Å². The minimum atomic E-state index is 0.123. The second kappa shape index (κ2) is 5.59. The van der Waals surface area contributed by atoms with Crippen molar-refractivity contribution < 1.29 is 0 Å². The van der Waals surface area contributed by atoms with Crippen LogP contribution in [0, 0.1) is 0 Å². The van der Waals surface area contributed by atoms with E-state index in [4.69, 9.17) is 0 Å². The van der Waals surface area contributed by atoms with Crippen LogP contribution in [0.2, 0.25) is 0 Å². The third-order valence-corrected chi connectivity index (χ3v) is 7.42. The van der Waals surface area contributed by atoms with Crippen molar-refractivity contribution in [3.8, 4) is 0 Å². The molecule has 0 radical (unpaired) electrons. The number of thiophene rings is 1. The van der Waals surface area contributed by atoms with E-state index in [1.165, 1.54) is 28.5 Å². The smallest absolute Gasteiger partial charge is 0.114 e. The monoisotopic (exact) mass is 293 g/mol. The molecule has 4 heteroatoms. The predicted molar refractivity (Wildman–Crippen MR) is 85.4 cm³/mol. The third-order valence-electron chi connectivity index (χ3n) is 2.89. The Kier molecular flexibility index (Phi) is 3.87. The Morgan fingerprint density at radius 1 is 1.17 bits per heavy atom. The summed E-state index contributed by atoms with van der Waals surface area (Å²) in [5.74, 6) is 2.50. The molecule has 0 unspecified atom stereocenters. The van der Waals surface area contributed by atoms with Crippen LogP contribution in [0.3, 0.4) is 0 Å². The van der Waals surface area contributed by atoms with Gasteiger partial charge in [0.25, 0.3) is 0 Å². The van der Waals surface area contributed by atoms with Crippen molar-refractivity contribution in [1.29, 1.82) is 0 Å². The molecule has 1 N–H and O–H groups in total. The molecule has 1 aliphatic heterocycles. The summed E-state index contributed by atoms with van der Waals surface area (Å²) in [6, 6.07) is 8.56. The number of aromatic amines is 1. The molecular weight excluding hydrogens is 278 g/mol. The number of hydrogen-bond acceptors (Lipinski definition) is 3. The van der Waals surface area contributed by atoms with E-state index in [0.29, 0.717) is 0 Å². The van der Waals surface area contributed by atoms with Crippen molar-refractivity contribution in [2.75, 3.05) is 11.5 Å². The Morgan fingerprint density at radius 2 is 2.06 bits per heavy atom. The van der Waals surface area contributed by atoms with E-state index in [1.54, 1.807) is 0 Å². The number of hydrogen-bond donors (Lipinski definition) is 1. The molecule has 0 aromatic carbocycles. The van der Waals surface area contributed by atoms with E-state index in [-0.39, 0.29) is 4.08 Å². The molecule has 1 saturated heterocycles. The normalized spacial score (nSPS) is 19.3. The van der Waals surface area contributed by atoms with Crippen LogP contribution in [0.4, 0.5) is 0 Å². The molecule has 0 amide bonds. The van der Waals surface area contributed by atoms with E-state index < -0.39 is 0 Å². The van der Waals surface area contributed by atoms with Gasteiger partial charge in [-0.15, -0.1) is 34.9 Å². The van der Waals surface area contributed by atoms with Crippen molar-refractivity contribution in [1.82, 2.24) is 4.98 Å². The lowest BCUT2D eigenvalue weighted by atomic mass is 10.2. The Labute approximate surface area is 120 Å². The molecular formula is C14H15NS3. The van der Waals surface area contributed by atoms with Crippen LogP contribution in [0.25, 0.3) is 6.08 Å². The second-order valence-corrected chi connectivity index (χ2v) is 8.04. The molecule has 2 aromatic rings. The fourth-order valence-electron chi connectivity index (χ4n) is 1.99. The fourth-order valence-corrected chi connectivity index (χ4v) is 6.28. The highest BCUT2D eigenvalue weighted by atomic mass is 32.2. The SMILES string of the molecule is C(=C\C1(c2cccs2)SCCCS1)/c1ccc[nH]1. The molecule has 3 heterocycles. The quantitative estimate of drug-likeness (QED) is 0.873. The number of rotatable bonds is 3. The van der Waals surface area contributed by atoms with Gasteiger partial charge in [0.1, 0.15) is 4.08 Å². The minimum Gasteiger partial charge on any atom is -0.362 e. The second-order valence-electron chi connectivity index (χ2n) is 4.15. The van der Waals surface area contributed by atoms with Gasteiger partial charge < -0.3 is 4.98 Å². The summed E-state index contributed by atoms with van der Waals surface area (Å²) in [6.07, 6.45) is 7.86. The van der Waals surface area contributed by atoms with Gasteiger partial charge in [-0.2, -0.15) is 0 Å². The maximum atomic E-state index is 3.24. The number of thioether (sulfide) groups is 2. The molecule has 0 aliphatic carbocycles. The van der Waals surface area contributed by atoms with Crippen LogP contribution >= 0.6 is 34.9 Å². The van der Waals surface area contributed by atoms with Crippen LogP contribution in [0.1, 0.15) is 17.0 Å². The lowest BCUT2D eigenvalue weighted by Crippen LogP contribution is -2.18. The van der Waals surface area contributed by atoms with Gasteiger partial charge in [0.15, 0.2) is 0 Å². The number of H-pyrrole nitrogens is 1. The van der Waals surface area contributed by atoms with Gasteiger partial charge in [0.2, 0.25) is 0 Å². The molecule has 0 atom stereocenters. The summed E-state index contributed by atoms with van der Waals surface area (Å²) in [5, 5.41) is 2.18. The zero-order chi connectivity index (χ0) is 12.3. The van der Waals surface area contributed by atoms with E-state index in [1.807, 2.05) is 23.6 Å². The zero-order valence-electron chi connectivity index (χ0n) is 9.96. The Morgan fingerprint density at radius 3 is 2.72 bits per heavy atom. The molecule has 1 nitrogen and oxygen atoms in total. The molecule has 18 heavy (non-hydrogen) atoms.